The molecule has 1 fully saturated rings. The molecule has 0 amide bonds. The first kappa shape index (κ1) is 10.1. The molecule has 2 N–H and O–H groups in total. The Hall–Kier alpha value is -0.450. The number of hydrogen-bond donors (Lipinski definition) is 1. The van der Waals surface area contributed by atoms with Gasteiger partial charge in [-0.2, -0.15) is 0 Å². The fourth-order valence-electron chi connectivity index (χ4n) is 1.82. The average Bonchev–Trinajstić information content (AvgIpc) is 2.79. The van der Waals surface area contributed by atoms with Crippen molar-refractivity contribution in [3.05, 3.63) is 16.1 Å². The van der Waals surface area contributed by atoms with Gasteiger partial charge >= 0.3 is 0 Å². The third kappa shape index (κ3) is 2.53. The minimum atomic E-state index is 0.701. The zero-order valence-corrected chi connectivity index (χ0v) is 9.22. The molecule has 1 aromatic heterocycles. The number of thiazole rings is 1. The molecule has 1 aliphatic rings. The van der Waals surface area contributed by atoms with Crippen LogP contribution < -0.4 is 5.73 Å². The van der Waals surface area contributed by atoms with Gasteiger partial charge in [-0.25, -0.2) is 4.98 Å². The maximum Gasteiger partial charge on any atom is 0.107 e. The number of nitrogens with zero attached hydrogens (tertiary/aromatic N) is 2. The molecule has 14 heavy (non-hydrogen) atoms. The van der Waals surface area contributed by atoms with E-state index in [1.807, 2.05) is 0 Å². The summed E-state index contributed by atoms with van der Waals surface area (Å²) in [6.07, 6.45) is 3.61. The van der Waals surface area contributed by atoms with E-state index in [9.17, 15) is 0 Å². The second kappa shape index (κ2) is 4.87. The Morgan fingerprint density at radius 2 is 2.21 bits per heavy atom. The van der Waals surface area contributed by atoms with Gasteiger partial charge in [-0.15, -0.1) is 11.3 Å². The molecule has 0 spiro atoms. The van der Waals surface area contributed by atoms with E-state index in [-0.39, 0.29) is 0 Å². The summed E-state index contributed by atoms with van der Waals surface area (Å²) in [6, 6.07) is 0. The van der Waals surface area contributed by atoms with Crippen molar-refractivity contribution in [1.82, 2.24) is 9.88 Å². The van der Waals surface area contributed by atoms with Gasteiger partial charge in [0, 0.05) is 11.8 Å². The fourth-order valence-corrected chi connectivity index (χ4v) is 2.69. The highest BCUT2D eigenvalue weighted by atomic mass is 32.1. The first-order valence-corrected chi connectivity index (χ1v) is 6.12. The highest BCUT2D eigenvalue weighted by Gasteiger charge is 2.13. The molecule has 2 heterocycles. The molecule has 0 saturated carbocycles. The quantitative estimate of drug-likeness (QED) is 0.815. The minimum absolute atomic E-state index is 0.701. The van der Waals surface area contributed by atoms with Gasteiger partial charge in [-0.05, 0) is 32.5 Å². The lowest BCUT2D eigenvalue weighted by Gasteiger charge is -2.11. The first-order chi connectivity index (χ1) is 6.88. The molecule has 0 bridgehead atoms. The summed E-state index contributed by atoms with van der Waals surface area (Å²) in [5.74, 6) is 0. The van der Waals surface area contributed by atoms with Crippen molar-refractivity contribution in [3.8, 4) is 0 Å². The lowest BCUT2D eigenvalue weighted by Crippen LogP contribution is -2.18. The highest BCUT2D eigenvalue weighted by Crippen LogP contribution is 2.16. The fraction of sp³-hybridized carbons (Fsp3) is 0.700. The van der Waals surface area contributed by atoms with Gasteiger partial charge in [0.1, 0.15) is 5.01 Å². The van der Waals surface area contributed by atoms with Crippen LogP contribution in [-0.2, 0) is 13.0 Å². The third-order valence-corrected chi connectivity index (χ3v) is 3.44. The van der Waals surface area contributed by atoms with E-state index in [4.69, 9.17) is 5.73 Å². The van der Waals surface area contributed by atoms with E-state index in [2.05, 4.69) is 15.3 Å². The molecule has 1 aliphatic heterocycles. The van der Waals surface area contributed by atoms with Crippen LogP contribution in [0.25, 0.3) is 0 Å². The highest BCUT2D eigenvalue weighted by molar-refractivity contribution is 7.09. The van der Waals surface area contributed by atoms with Gasteiger partial charge in [0.25, 0.3) is 0 Å². The molecule has 0 radical (unpaired) electrons. The smallest absolute Gasteiger partial charge is 0.107 e. The topological polar surface area (TPSA) is 42.1 Å². The predicted octanol–water partition coefficient (Wildman–Crippen LogP) is 1.24. The zero-order valence-electron chi connectivity index (χ0n) is 8.41. The van der Waals surface area contributed by atoms with E-state index in [0.29, 0.717) is 6.54 Å². The van der Waals surface area contributed by atoms with Gasteiger partial charge in [-0.3, -0.25) is 4.90 Å². The summed E-state index contributed by atoms with van der Waals surface area (Å²) in [4.78, 5) is 7.04. The molecule has 2 rings (SSSR count). The molecule has 3 nitrogen and oxygen atoms in total. The van der Waals surface area contributed by atoms with E-state index in [1.54, 1.807) is 11.3 Å². The van der Waals surface area contributed by atoms with Crippen molar-refractivity contribution in [3.63, 3.8) is 0 Å². The molecule has 0 unspecified atom stereocenters. The Balaban J connectivity index is 1.88. The monoisotopic (exact) mass is 211 g/mol. The van der Waals surface area contributed by atoms with Gasteiger partial charge in [0.15, 0.2) is 0 Å². The largest absolute Gasteiger partial charge is 0.330 e. The summed E-state index contributed by atoms with van der Waals surface area (Å²) in [5, 5.41) is 3.38. The summed E-state index contributed by atoms with van der Waals surface area (Å²) >= 11 is 1.77. The van der Waals surface area contributed by atoms with Crippen LogP contribution in [-0.4, -0.2) is 29.5 Å². The lowest BCUT2D eigenvalue weighted by atomic mass is 10.3. The molecule has 0 aliphatic carbocycles. The Morgan fingerprint density at radius 1 is 1.43 bits per heavy atom. The van der Waals surface area contributed by atoms with Gasteiger partial charge in [0.05, 0.1) is 12.2 Å². The van der Waals surface area contributed by atoms with Gasteiger partial charge in [0.2, 0.25) is 0 Å². The first-order valence-electron chi connectivity index (χ1n) is 5.24. The summed E-state index contributed by atoms with van der Waals surface area (Å²) < 4.78 is 0. The summed E-state index contributed by atoms with van der Waals surface area (Å²) in [7, 11) is 0. The molecule has 1 aromatic rings. The Morgan fingerprint density at radius 3 is 2.93 bits per heavy atom. The van der Waals surface area contributed by atoms with Crippen LogP contribution in [0.2, 0.25) is 0 Å². The molecular formula is C10H17N3S. The Bertz CT molecular complexity index is 279. The maximum absolute atomic E-state index is 5.49. The van der Waals surface area contributed by atoms with Crippen LogP contribution in [0.5, 0.6) is 0 Å². The normalized spacial score (nSPS) is 17.8. The van der Waals surface area contributed by atoms with Crippen LogP contribution in [0.15, 0.2) is 5.38 Å². The lowest BCUT2D eigenvalue weighted by molar-refractivity contribution is 0.330. The molecule has 4 heteroatoms. The van der Waals surface area contributed by atoms with Crippen LogP contribution in [0.4, 0.5) is 0 Å². The second-order valence-corrected chi connectivity index (χ2v) is 4.70. The van der Waals surface area contributed by atoms with Crippen LogP contribution in [0.1, 0.15) is 23.5 Å². The number of likely N-dealkylation sites (tertiary alicyclic amines) is 1. The number of nitrogens with two attached hydrogens (primary N) is 1. The number of hydrogen-bond acceptors (Lipinski definition) is 4. The van der Waals surface area contributed by atoms with Crippen molar-refractivity contribution in [2.45, 2.75) is 25.8 Å². The standard InChI is InChI=1S/C10H17N3S/c11-4-3-9-8-14-10(12-9)7-13-5-1-2-6-13/h8H,1-7,11H2. The Labute approximate surface area is 88.9 Å². The molecule has 0 atom stereocenters. The number of rotatable bonds is 4. The van der Waals surface area contributed by atoms with Crippen molar-refractivity contribution >= 4 is 11.3 Å². The Kier molecular flexibility index (Phi) is 3.50. The van der Waals surface area contributed by atoms with Crippen LogP contribution >= 0.6 is 11.3 Å². The summed E-state index contributed by atoms with van der Waals surface area (Å²) in [6.45, 7) is 4.22. The predicted molar refractivity (Wildman–Crippen MR) is 59.4 cm³/mol. The second-order valence-electron chi connectivity index (χ2n) is 3.75. The molecule has 0 aromatic carbocycles. The van der Waals surface area contributed by atoms with E-state index in [0.717, 1.165) is 18.7 Å². The van der Waals surface area contributed by atoms with Crippen LogP contribution in [0.3, 0.4) is 0 Å². The molecule has 78 valence electrons. The van der Waals surface area contributed by atoms with E-state index < -0.39 is 0 Å². The maximum atomic E-state index is 5.49. The van der Waals surface area contributed by atoms with E-state index in [1.165, 1.54) is 30.9 Å². The zero-order chi connectivity index (χ0) is 9.80. The summed E-state index contributed by atoms with van der Waals surface area (Å²) in [5.41, 5.74) is 6.65. The van der Waals surface area contributed by atoms with Gasteiger partial charge < -0.3 is 5.73 Å². The van der Waals surface area contributed by atoms with E-state index >= 15 is 0 Å². The molecular weight excluding hydrogens is 194 g/mol. The average molecular weight is 211 g/mol. The van der Waals surface area contributed by atoms with Gasteiger partial charge in [-0.1, -0.05) is 0 Å². The van der Waals surface area contributed by atoms with Crippen molar-refractivity contribution in [2.75, 3.05) is 19.6 Å². The number of aromatic nitrogens is 1. The van der Waals surface area contributed by atoms with Crippen LogP contribution in [0, 0.1) is 0 Å². The van der Waals surface area contributed by atoms with Crippen molar-refractivity contribution < 1.29 is 0 Å². The molecule has 1 saturated heterocycles. The van der Waals surface area contributed by atoms with Crippen molar-refractivity contribution in [2.24, 2.45) is 5.73 Å². The SMILES string of the molecule is NCCc1csc(CN2CCCC2)n1. The third-order valence-electron chi connectivity index (χ3n) is 2.56. The van der Waals surface area contributed by atoms with Crippen molar-refractivity contribution in [1.29, 1.82) is 0 Å². The minimum Gasteiger partial charge on any atom is -0.330 e.